The predicted molar refractivity (Wildman–Crippen MR) is 60.7 cm³/mol. The Morgan fingerprint density at radius 3 is 2.94 bits per heavy atom. The average molecular weight is 240 g/mol. The minimum atomic E-state index is -2.96. The third kappa shape index (κ3) is 2.54. The molecule has 0 saturated carbocycles. The summed E-state index contributed by atoms with van der Waals surface area (Å²) in [6.45, 7) is 0. The van der Waals surface area contributed by atoms with Gasteiger partial charge < -0.3 is 11.1 Å². The van der Waals surface area contributed by atoms with Crippen molar-refractivity contribution in [2.45, 2.75) is 31.7 Å². The van der Waals surface area contributed by atoms with Crippen molar-refractivity contribution in [3.63, 3.8) is 0 Å². The number of nitrogens with two attached hydrogens (primary N) is 1. The van der Waals surface area contributed by atoms with E-state index in [1.165, 1.54) is 0 Å². The molecule has 1 aromatic carbocycles. The lowest BCUT2D eigenvalue weighted by Crippen LogP contribution is -2.35. The van der Waals surface area contributed by atoms with Gasteiger partial charge in [-0.05, 0) is 42.5 Å². The molecule has 0 saturated heterocycles. The first-order valence-electron chi connectivity index (χ1n) is 5.55. The molecule has 1 amide bonds. The second-order valence-corrected chi connectivity index (χ2v) is 4.21. The highest BCUT2D eigenvalue weighted by Crippen LogP contribution is 2.31. The van der Waals surface area contributed by atoms with E-state index in [2.05, 4.69) is 5.32 Å². The van der Waals surface area contributed by atoms with Gasteiger partial charge in [-0.15, -0.1) is 0 Å². The number of nitrogen functional groups attached to an aromatic ring is 1. The fourth-order valence-electron chi connectivity index (χ4n) is 2.22. The summed E-state index contributed by atoms with van der Waals surface area (Å²) < 4.78 is 24.4. The number of nitrogens with one attached hydrogen (secondary N) is 1. The number of carbonyl (C=O) groups is 1. The normalized spacial score (nSPS) is 18.9. The highest BCUT2D eigenvalue weighted by atomic mass is 19.3. The van der Waals surface area contributed by atoms with E-state index in [4.69, 9.17) is 5.73 Å². The Morgan fingerprint density at radius 1 is 1.47 bits per heavy atom. The van der Waals surface area contributed by atoms with Gasteiger partial charge in [0.1, 0.15) is 0 Å². The van der Waals surface area contributed by atoms with Gasteiger partial charge >= 0.3 is 6.43 Å². The fraction of sp³-hybridized carbons (Fsp3) is 0.417. The smallest absolute Gasteiger partial charge is 0.315 e. The monoisotopic (exact) mass is 240 g/mol. The largest absolute Gasteiger partial charge is 0.399 e. The van der Waals surface area contributed by atoms with Crippen molar-refractivity contribution < 1.29 is 13.6 Å². The molecule has 0 fully saturated rings. The van der Waals surface area contributed by atoms with Crippen LogP contribution in [0.15, 0.2) is 18.2 Å². The van der Waals surface area contributed by atoms with Gasteiger partial charge in [-0.1, -0.05) is 6.07 Å². The first-order valence-corrected chi connectivity index (χ1v) is 5.55. The van der Waals surface area contributed by atoms with Gasteiger partial charge in [0.05, 0.1) is 6.04 Å². The predicted octanol–water partition coefficient (Wildman–Crippen LogP) is 2.03. The lowest BCUT2D eigenvalue weighted by Gasteiger charge is -2.26. The molecule has 2 rings (SSSR count). The molecule has 1 aliphatic carbocycles. The van der Waals surface area contributed by atoms with Crippen molar-refractivity contribution in [1.82, 2.24) is 5.32 Å². The Kier molecular flexibility index (Phi) is 3.26. The minimum Gasteiger partial charge on any atom is -0.399 e. The van der Waals surface area contributed by atoms with E-state index in [1.54, 1.807) is 12.1 Å². The molecule has 0 radical (unpaired) electrons. The van der Waals surface area contributed by atoms with Crippen LogP contribution in [-0.4, -0.2) is 12.3 Å². The summed E-state index contributed by atoms with van der Waals surface area (Å²) in [6.07, 6.45) is -0.532. The van der Waals surface area contributed by atoms with Crippen LogP contribution in [0.4, 0.5) is 14.5 Å². The number of hydrogen-bond acceptors (Lipinski definition) is 2. The summed E-state index contributed by atoms with van der Waals surface area (Å²) in [5.74, 6) is -1.21. The van der Waals surface area contributed by atoms with Crippen molar-refractivity contribution >= 4 is 11.6 Å². The number of alkyl halides is 2. The summed E-state index contributed by atoms with van der Waals surface area (Å²) in [4.78, 5) is 11.0. The van der Waals surface area contributed by atoms with Crippen molar-refractivity contribution in [2.75, 3.05) is 5.73 Å². The number of rotatable bonds is 2. The van der Waals surface area contributed by atoms with Gasteiger partial charge in [0.15, 0.2) is 0 Å². The van der Waals surface area contributed by atoms with Gasteiger partial charge in [-0.25, -0.2) is 0 Å². The molecule has 3 nitrogen and oxygen atoms in total. The van der Waals surface area contributed by atoms with Crippen LogP contribution in [0.2, 0.25) is 0 Å². The zero-order valence-corrected chi connectivity index (χ0v) is 9.25. The van der Waals surface area contributed by atoms with Crippen LogP contribution in [0.1, 0.15) is 30.0 Å². The average Bonchev–Trinajstić information content (AvgIpc) is 2.28. The number of amides is 1. The number of carbonyl (C=O) groups excluding carboxylic acids is 1. The van der Waals surface area contributed by atoms with Gasteiger partial charge in [-0.3, -0.25) is 4.79 Å². The van der Waals surface area contributed by atoms with Crippen LogP contribution in [0.5, 0.6) is 0 Å². The molecule has 5 heteroatoms. The molecule has 1 atom stereocenters. The zero-order chi connectivity index (χ0) is 12.4. The Hall–Kier alpha value is -1.65. The van der Waals surface area contributed by atoms with Crippen LogP contribution in [0.3, 0.4) is 0 Å². The van der Waals surface area contributed by atoms with E-state index in [0.717, 1.165) is 24.0 Å². The number of aryl methyl sites for hydroxylation is 1. The second-order valence-electron chi connectivity index (χ2n) is 4.21. The number of benzene rings is 1. The molecule has 0 heterocycles. The molecule has 0 aromatic heterocycles. The third-order valence-electron chi connectivity index (χ3n) is 3.00. The highest BCUT2D eigenvalue weighted by Gasteiger charge is 2.25. The van der Waals surface area contributed by atoms with Gasteiger partial charge in [0, 0.05) is 5.69 Å². The Balaban J connectivity index is 2.20. The Labute approximate surface area is 98.0 Å². The lowest BCUT2D eigenvalue weighted by atomic mass is 9.87. The fourth-order valence-corrected chi connectivity index (χ4v) is 2.22. The Morgan fingerprint density at radius 2 is 2.24 bits per heavy atom. The number of fused-ring (bicyclic) bond motifs is 1. The first kappa shape index (κ1) is 11.8. The third-order valence-corrected chi connectivity index (χ3v) is 3.00. The SMILES string of the molecule is Nc1ccc2c(c1)CCCC2NC(=O)C(F)F. The summed E-state index contributed by atoms with van der Waals surface area (Å²) in [6, 6.07) is 5.06. The summed E-state index contributed by atoms with van der Waals surface area (Å²) in [5.41, 5.74) is 8.27. The van der Waals surface area contributed by atoms with Gasteiger partial charge in [0.25, 0.3) is 5.91 Å². The van der Waals surface area contributed by atoms with E-state index >= 15 is 0 Å². The molecule has 1 aliphatic rings. The minimum absolute atomic E-state index is 0.319. The highest BCUT2D eigenvalue weighted by molar-refractivity contribution is 5.79. The van der Waals surface area contributed by atoms with Crippen LogP contribution in [0.25, 0.3) is 0 Å². The maximum atomic E-state index is 12.2. The number of hydrogen-bond donors (Lipinski definition) is 2. The van der Waals surface area contributed by atoms with Crippen LogP contribution < -0.4 is 11.1 Å². The number of anilines is 1. The summed E-state index contributed by atoms with van der Waals surface area (Å²) >= 11 is 0. The first-order chi connectivity index (χ1) is 8.08. The molecule has 0 aliphatic heterocycles. The van der Waals surface area contributed by atoms with Crippen molar-refractivity contribution in [1.29, 1.82) is 0 Å². The quantitative estimate of drug-likeness (QED) is 0.777. The van der Waals surface area contributed by atoms with E-state index in [9.17, 15) is 13.6 Å². The molecule has 17 heavy (non-hydrogen) atoms. The molecule has 92 valence electrons. The molecule has 0 bridgehead atoms. The summed E-state index contributed by atoms with van der Waals surface area (Å²) in [7, 11) is 0. The molecule has 1 unspecified atom stereocenters. The van der Waals surface area contributed by atoms with Gasteiger partial charge in [0.2, 0.25) is 0 Å². The van der Waals surface area contributed by atoms with Crippen LogP contribution >= 0.6 is 0 Å². The van der Waals surface area contributed by atoms with Crippen LogP contribution in [-0.2, 0) is 11.2 Å². The maximum absolute atomic E-state index is 12.2. The van der Waals surface area contributed by atoms with Gasteiger partial charge in [-0.2, -0.15) is 8.78 Å². The van der Waals surface area contributed by atoms with Crippen molar-refractivity contribution in [2.24, 2.45) is 0 Å². The lowest BCUT2D eigenvalue weighted by molar-refractivity contribution is -0.132. The molecule has 1 aromatic rings. The van der Waals surface area contributed by atoms with E-state index in [1.807, 2.05) is 6.07 Å². The van der Waals surface area contributed by atoms with E-state index in [-0.39, 0.29) is 6.04 Å². The van der Waals surface area contributed by atoms with E-state index in [0.29, 0.717) is 12.1 Å². The maximum Gasteiger partial charge on any atom is 0.315 e. The molecule has 0 spiro atoms. The molecular weight excluding hydrogens is 226 g/mol. The Bertz CT molecular complexity index is 435. The van der Waals surface area contributed by atoms with Crippen LogP contribution in [0, 0.1) is 0 Å². The molecular formula is C12H14F2N2O. The van der Waals surface area contributed by atoms with E-state index < -0.39 is 12.3 Å². The topological polar surface area (TPSA) is 55.1 Å². The van der Waals surface area contributed by atoms with Crippen molar-refractivity contribution in [3.05, 3.63) is 29.3 Å². The van der Waals surface area contributed by atoms with Crippen molar-refractivity contribution in [3.8, 4) is 0 Å². The summed E-state index contributed by atoms with van der Waals surface area (Å²) in [5, 5.41) is 2.36. The zero-order valence-electron chi connectivity index (χ0n) is 9.25. The number of halogens is 2. The molecule has 3 N–H and O–H groups in total. The second kappa shape index (κ2) is 4.69. The standard InChI is InChI=1S/C12H14F2N2O/c13-11(14)12(17)16-10-3-1-2-7-6-8(15)4-5-9(7)10/h4-6,10-11H,1-3,15H2,(H,16,17).